The van der Waals surface area contributed by atoms with Crippen LogP contribution in [0.3, 0.4) is 0 Å². The van der Waals surface area contributed by atoms with E-state index in [2.05, 4.69) is 10.1 Å². The number of esters is 1. The van der Waals surface area contributed by atoms with Crippen molar-refractivity contribution in [2.75, 3.05) is 12.4 Å². The second-order valence-electron chi connectivity index (χ2n) is 5.03. The maximum absolute atomic E-state index is 13.6. The fourth-order valence-corrected chi connectivity index (χ4v) is 1.75. The van der Waals surface area contributed by atoms with Gasteiger partial charge in [0, 0.05) is 6.07 Å². The maximum atomic E-state index is 13.6. The Kier molecular flexibility index (Phi) is 5.78. The van der Waals surface area contributed by atoms with Crippen LogP contribution in [0.2, 0.25) is 0 Å². The third-order valence-electron chi connectivity index (χ3n) is 2.78. The van der Waals surface area contributed by atoms with E-state index in [0.29, 0.717) is 12.5 Å². The molecule has 116 valence electrons. The number of benzene rings is 1. The van der Waals surface area contributed by atoms with E-state index < -0.39 is 35.1 Å². The zero-order valence-corrected chi connectivity index (χ0v) is 12.1. The van der Waals surface area contributed by atoms with Gasteiger partial charge in [0.2, 0.25) is 5.91 Å². The first-order chi connectivity index (χ1) is 9.76. The summed E-state index contributed by atoms with van der Waals surface area (Å²) in [7, 11) is 1.07. The minimum absolute atomic E-state index is 0.189. The quantitative estimate of drug-likeness (QED) is 0.816. The van der Waals surface area contributed by atoms with Crippen LogP contribution in [0.4, 0.5) is 14.5 Å². The van der Waals surface area contributed by atoms with Crippen LogP contribution in [0.1, 0.15) is 30.6 Å². The molecule has 1 aromatic rings. The number of amides is 1. The van der Waals surface area contributed by atoms with Crippen LogP contribution in [0, 0.1) is 17.6 Å². The Balaban J connectivity index is 2.98. The lowest BCUT2D eigenvalue weighted by Crippen LogP contribution is -2.37. The standard InChI is InChI=1S/C14H18F2N2O3/c1-7(2)4-11(17)13(19)18-12-5-8(14(20)21-3)9(15)6-10(12)16/h5-7,11H,4,17H2,1-3H3,(H,18,19)/t11-/m1/s1. The van der Waals surface area contributed by atoms with Crippen molar-refractivity contribution in [3.05, 3.63) is 29.3 Å². The predicted octanol–water partition coefficient (Wildman–Crippen LogP) is 2.06. The van der Waals surface area contributed by atoms with E-state index in [-0.39, 0.29) is 11.6 Å². The molecule has 0 aliphatic rings. The molecule has 0 heterocycles. The zero-order valence-electron chi connectivity index (χ0n) is 12.1. The van der Waals surface area contributed by atoms with Gasteiger partial charge in [0.15, 0.2) is 0 Å². The van der Waals surface area contributed by atoms with Crippen LogP contribution in [0.25, 0.3) is 0 Å². The minimum atomic E-state index is -1.07. The molecule has 0 aliphatic heterocycles. The van der Waals surface area contributed by atoms with Crippen molar-refractivity contribution in [1.29, 1.82) is 0 Å². The highest BCUT2D eigenvalue weighted by molar-refractivity contribution is 5.97. The lowest BCUT2D eigenvalue weighted by Gasteiger charge is -2.15. The number of rotatable bonds is 5. The molecule has 0 fully saturated rings. The lowest BCUT2D eigenvalue weighted by atomic mass is 10.0. The molecule has 7 heteroatoms. The fraction of sp³-hybridized carbons (Fsp3) is 0.429. The van der Waals surface area contributed by atoms with Crippen molar-refractivity contribution in [3.63, 3.8) is 0 Å². The van der Waals surface area contributed by atoms with E-state index in [4.69, 9.17) is 5.73 Å². The smallest absolute Gasteiger partial charge is 0.340 e. The summed E-state index contributed by atoms with van der Waals surface area (Å²) in [5, 5.41) is 2.25. The Labute approximate surface area is 121 Å². The summed E-state index contributed by atoms with van der Waals surface area (Å²) >= 11 is 0. The van der Waals surface area contributed by atoms with Crippen LogP contribution in [-0.4, -0.2) is 25.0 Å². The summed E-state index contributed by atoms with van der Waals surface area (Å²) < 4.78 is 31.5. The second kappa shape index (κ2) is 7.12. The molecule has 1 atom stereocenters. The highest BCUT2D eigenvalue weighted by Crippen LogP contribution is 2.20. The van der Waals surface area contributed by atoms with Gasteiger partial charge in [-0.25, -0.2) is 13.6 Å². The van der Waals surface area contributed by atoms with Gasteiger partial charge in [0.1, 0.15) is 11.6 Å². The largest absolute Gasteiger partial charge is 0.465 e. The van der Waals surface area contributed by atoms with Crippen molar-refractivity contribution in [3.8, 4) is 0 Å². The first-order valence-electron chi connectivity index (χ1n) is 6.40. The highest BCUT2D eigenvalue weighted by atomic mass is 19.1. The number of anilines is 1. The average molecular weight is 300 g/mol. The van der Waals surface area contributed by atoms with Gasteiger partial charge in [0.25, 0.3) is 0 Å². The summed E-state index contributed by atoms with van der Waals surface area (Å²) in [6.07, 6.45) is 0.415. The van der Waals surface area contributed by atoms with Crippen LogP contribution in [-0.2, 0) is 9.53 Å². The number of halogens is 2. The van der Waals surface area contributed by atoms with Crippen LogP contribution >= 0.6 is 0 Å². The highest BCUT2D eigenvalue weighted by Gasteiger charge is 2.20. The van der Waals surface area contributed by atoms with E-state index >= 15 is 0 Å². The number of nitrogens with two attached hydrogens (primary N) is 1. The molecule has 0 aliphatic carbocycles. The first-order valence-corrected chi connectivity index (χ1v) is 6.40. The Hall–Kier alpha value is -2.02. The second-order valence-corrected chi connectivity index (χ2v) is 5.03. The molecule has 1 rings (SSSR count). The Morgan fingerprint density at radius 3 is 2.43 bits per heavy atom. The van der Waals surface area contributed by atoms with Crippen LogP contribution in [0.5, 0.6) is 0 Å². The Bertz CT molecular complexity index is 547. The molecule has 0 saturated heterocycles. The van der Waals surface area contributed by atoms with Gasteiger partial charge in [0.05, 0.1) is 24.4 Å². The van der Waals surface area contributed by atoms with Crippen molar-refractivity contribution < 1.29 is 23.1 Å². The molecule has 5 nitrogen and oxygen atoms in total. The number of hydrogen-bond donors (Lipinski definition) is 2. The Morgan fingerprint density at radius 2 is 1.90 bits per heavy atom. The molecule has 1 aromatic carbocycles. The van der Waals surface area contributed by atoms with Crippen LogP contribution in [0.15, 0.2) is 12.1 Å². The summed E-state index contributed by atoms with van der Waals surface area (Å²) in [4.78, 5) is 23.2. The molecule has 1 amide bonds. The summed E-state index contributed by atoms with van der Waals surface area (Å²) in [5.74, 6) is -3.44. The van der Waals surface area contributed by atoms with Crippen molar-refractivity contribution in [1.82, 2.24) is 0 Å². The molecule has 21 heavy (non-hydrogen) atoms. The molecule has 0 bridgehead atoms. The number of carbonyl (C=O) groups excluding carboxylic acids is 2. The molecular formula is C14H18F2N2O3. The van der Waals surface area contributed by atoms with E-state index in [1.165, 1.54) is 0 Å². The molecule has 0 radical (unpaired) electrons. The van der Waals surface area contributed by atoms with Gasteiger partial charge < -0.3 is 15.8 Å². The van der Waals surface area contributed by atoms with E-state index in [9.17, 15) is 18.4 Å². The van der Waals surface area contributed by atoms with Crippen molar-refractivity contribution in [2.24, 2.45) is 11.7 Å². The lowest BCUT2D eigenvalue weighted by molar-refractivity contribution is -0.117. The molecule has 0 aromatic heterocycles. The Morgan fingerprint density at radius 1 is 1.29 bits per heavy atom. The van der Waals surface area contributed by atoms with Gasteiger partial charge in [-0.3, -0.25) is 4.79 Å². The SMILES string of the molecule is COC(=O)c1cc(NC(=O)[C@H](N)CC(C)C)c(F)cc1F. The van der Waals surface area contributed by atoms with E-state index in [1.54, 1.807) is 0 Å². The fourth-order valence-electron chi connectivity index (χ4n) is 1.75. The number of carbonyl (C=O) groups is 2. The third kappa shape index (κ3) is 4.49. The minimum Gasteiger partial charge on any atom is -0.465 e. The number of ether oxygens (including phenoxy) is 1. The zero-order chi connectivity index (χ0) is 16.2. The molecular weight excluding hydrogens is 282 g/mol. The van der Waals surface area contributed by atoms with Gasteiger partial charge in [-0.05, 0) is 18.4 Å². The monoisotopic (exact) mass is 300 g/mol. The van der Waals surface area contributed by atoms with Gasteiger partial charge >= 0.3 is 5.97 Å². The molecule has 3 N–H and O–H groups in total. The number of nitrogens with one attached hydrogen (secondary N) is 1. The van der Waals surface area contributed by atoms with Crippen LogP contribution < -0.4 is 11.1 Å². The van der Waals surface area contributed by atoms with E-state index in [1.807, 2.05) is 13.8 Å². The number of hydrogen-bond acceptors (Lipinski definition) is 4. The predicted molar refractivity (Wildman–Crippen MR) is 73.8 cm³/mol. The topological polar surface area (TPSA) is 81.4 Å². The number of methoxy groups -OCH3 is 1. The van der Waals surface area contributed by atoms with E-state index in [0.717, 1.165) is 13.2 Å². The van der Waals surface area contributed by atoms with Crippen molar-refractivity contribution >= 4 is 17.6 Å². The van der Waals surface area contributed by atoms with Gasteiger partial charge in [-0.15, -0.1) is 0 Å². The first kappa shape index (κ1) is 17.0. The summed E-state index contributed by atoms with van der Waals surface area (Å²) in [6, 6.07) is 0.572. The van der Waals surface area contributed by atoms with Gasteiger partial charge in [-0.1, -0.05) is 13.8 Å². The maximum Gasteiger partial charge on any atom is 0.340 e. The molecule has 0 unspecified atom stereocenters. The normalized spacial score (nSPS) is 12.1. The summed E-state index contributed by atoms with van der Waals surface area (Å²) in [5.41, 5.74) is 4.89. The van der Waals surface area contributed by atoms with Crippen molar-refractivity contribution in [2.45, 2.75) is 26.3 Å². The molecule has 0 spiro atoms. The summed E-state index contributed by atoms with van der Waals surface area (Å²) in [6.45, 7) is 3.78. The molecule has 0 saturated carbocycles. The third-order valence-corrected chi connectivity index (χ3v) is 2.78. The van der Waals surface area contributed by atoms with Gasteiger partial charge in [-0.2, -0.15) is 0 Å². The average Bonchev–Trinajstić information content (AvgIpc) is 2.40.